The van der Waals surface area contributed by atoms with Gasteiger partial charge in [-0.2, -0.15) is 0 Å². The van der Waals surface area contributed by atoms with E-state index in [-0.39, 0.29) is 5.92 Å². The van der Waals surface area contributed by atoms with E-state index >= 15 is 0 Å². The maximum atomic E-state index is 11.7. The zero-order chi connectivity index (χ0) is 14.4. The molecule has 1 heterocycles. The Morgan fingerprint density at radius 3 is 2.63 bits per heavy atom. The lowest BCUT2D eigenvalue weighted by molar-refractivity contribution is -0.140. The molecule has 0 bridgehead atoms. The van der Waals surface area contributed by atoms with Gasteiger partial charge in [0.05, 0.1) is 0 Å². The molecule has 110 valence electrons. The Kier molecular flexibility index (Phi) is 6.08. The molecule has 0 spiro atoms. The van der Waals surface area contributed by atoms with Crippen molar-refractivity contribution >= 4 is 12.0 Å². The summed E-state index contributed by atoms with van der Waals surface area (Å²) in [6.07, 6.45) is 2.93. The molecule has 1 saturated heterocycles. The van der Waals surface area contributed by atoms with Gasteiger partial charge in [-0.25, -0.2) is 9.59 Å². The minimum absolute atomic E-state index is 0.0857. The third-order valence-electron chi connectivity index (χ3n) is 3.94. The summed E-state index contributed by atoms with van der Waals surface area (Å²) in [6, 6.07) is -0.864. The highest BCUT2D eigenvalue weighted by atomic mass is 16.4. The lowest BCUT2D eigenvalue weighted by atomic mass is 9.99. The van der Waals surface area contributed by atoms with E-state index in [0.29, 0.717) is 19.0 Å². The highest BCUT2D eigenvalue weighted by Gasteiger charge is 2.26. The number of aliphatic carboxylic acids is 1. The van der Waals surface area contributed by atoms with Crippen LogP contribution in [0.25, 0.3) is 0 Å². The first-order chi connectivity index (χ1) is 8.95. The molecule has 3 unspecified atom stereocenters. The van der Waals surface area contributed by atoms with Gasteiger partial charge < -0.3 is 20.6 Å². The second kappa shape index (κ2) is 7.33. The van der Waals surface area contributed by atoms with Gasteiger partial charge in [0.1, 0.15) is 6.04 Å². The molecule has 1 rings (SSSR count). The Balaban J connectivity index is 2.38. The van der Waals surface area contributed by atoms with Gasteiger partial charge >= 0.3 is 12.0 Å². The summed E-state index contributed by atoms with van der Waals surface area (Å²) >= 11 is 0. The minimum Gasteiger partial charge on any atom is -0.480 e. The standard InChI is InChI=1S/C13H25N3O3/c1-4-9(2)11(12(17)18)15-13(19)14-8-10-6-5-7-16(10)3/h9-11H,4-8H2,1-3H3,(H,17,18)(H2,14,15,19). The molecule has 19 heavy (non-hydrogen) atoms. The maximum absolute atomic E-state index is 11.7. The van der Waals surface area contributed by atoms with Crippen molar-refractivity contribution in [3.63, 3.8) is 0 Å². The van der Waals surface area contributed by atoms with Crippen LogP contribution in [-0.4, -0.2) is 54.2 Å². The molecule has 1 fully saturated rings. The normalized spacial score (nSPS) is 22.8. The van der Waals surface area contributed by atoms with Crippen molar-refractivity contribution in [2.24, 2.45) is 5.92 Å². The van der Waals surface area contributed by atoms with Crippen LogP contribution in [0.5, 0.6) is 0 Å². The van der Waals surface area contributed by atoms with E-state index in [0.717, 1.165) is 19.4 Å². The second-order valence-electron chi connectivity index (χ2n) is 5.33. The number of carboxylic acid groups (broad SMARTS) is 1. The van der Waals surface area contributed by atoms with Gasteiger partial charge in [-0.3, -0.25) is 0 Å². The fraction of sp³-hybridized carbons (Fsp3) is 0.846. The number of carbonyl (C=O) groups is 2. The maximum Gasteiger partial charge on any atom is 0.326 e. The van der Waals surface area contributed by atoms with Crippen molar-refractivity contribution in [3.05, 3.63) is 0 Å². The molecule has 2 amide bonds. The van der Waals surface area contributed by atoms with Gasteiger partial charge in [-0.05, 0) is 32.4 Å². The number of amides is 2. The zero-order valence-electron chi connectivity index (χ0n) is 12.0. The highest BCUT2D eigenvalue weighted by Crippen LogP contribution is 2.13. The Bertz CT molecular complexity index is 322. The molecule has 6 heteroatoms. The first-order valence-corrected chi connectivity index (χ1v) is 6.93. The van der Waals surface area contributed by atoms with Gasteiger partial charge in [0.25, 0.3) is 0 Å². The molecule has 3 N–H and O–H groups in total. The number of urea groups is 1. The van der Waals surface area contributed by atoms with Crippen molar-refractivity contribution in [2.75, 3.05) is 20.1 Å². The van der Waals surface area contributed by atoms with Gasteiger partial charge in [0, 0.05) is 12.6 Å². The molecule has 1 aliphatic rings. The van der Waals surface area contributed by atoms with E-state index < -0.39 is 18.0 Å². The minimum atomic E-state index is -0.984. The lowest BCUT2D eigenvalue weighted by Crippen LogP contribution is -2.51. The molecule has 0 saturated carbocycles. The molecular formula is C13H25N3O3. The highest BCUT2D eigenvalue weighted by molar-refractivity contribution is 5.82. The number of carboxylic acids is 1. The molecule has 6 nitrogen and oxygen atoms in total. The third kappa shape index (κ3) is 4.70. The SMILES string of the molecule is CCC(C)C(NC(=O)NCC1CCCN1C)C(=O)O. The summed E-state index contributed by atoms with van der Waals surface area (Å²) in [4.78, 5) is 25.0. The number of carbonyl (C=O) groups excluding carboxylic acids is 1. The molecule has 3 atom stereocenters. The van der Waals surface area contributed by atoms with Crippen molar-refractivity contribution in [3.8, 4) is 0 Å². The predicted molar refractivity (Wildman–Crippen MR) is 73.1 cm³/mol. The summed E-state index contributed by atoms with van der Waals surface area (Å²) in [5, 5.41) is 14.4. The van der Waals surface area contributed by atoms with Gasteiger partial charge in [0.15, 0.2) is 0 Å². The Hall–Kier alpha value is -1.30. The van der Waals surface area contributed by atoms with Crippen molar-refractivity contribution < 1.29 is 14.7 Å². The summed E-state index contributed by atoms with van der Waals surface area (Å²) in [6.45, 7) is 5.35. The van der Waals surface area contributed by atoms with Crippen LogP contribution in [0.3, 0.4) is 0 Å². The van der Waals surface area contributed by atoms with Crippen LogP contribution in [0.1, 0.15) is 33.1 Å². The van der Waals surface area contributed by atoms with Crippen LogP contribution in [0, 0.1) is 5.92 Å². The number of nitrogens with one attached hydrogen (secondary N) is 2. The summed E-state index contributed by atoms with van der Waals surface area (Å²) in [5.74, 6) is -1.07. The monoisotopic (exact) mass is 271 g/mol. The fourth-order valence-corrected chi connectivity index (χ4v) is 2.32. The van der Waals surface area contributed by atoms with Gasteiger partial charge in [-0.1, -0.05) is 20.3 Å². The summed E-state index contributed by atoms with van der Waals surface area (Å²) in [7, 11) is 2.04. The predicted octanol–water partition coefficient (Wildman–Crippen LogP) is 0.879. The number of hydrogen-bond donors (Lipinski definition) is 3. The number of likely N-dealkylation sites (N-methyl/N-ethyl adjacent to an activating group) is 1. The molecule has 0 aromatic rings. The number of likely N-dealkylation sites (tertiary alicyclic amines) is 1. The molecule has 1 aliphatic heterocycles. The Labute approximate surface area is 114 Å². The van der Waals surface area contributed by atoms with E-state index in [1.165, 1.54) is 0 Å². The number of nitrogens with zero attached hydrogens (tertiary/aromatic N) is 1. The smallest absolute Gasteiger partial charge is 0.326 e. The van der Waals surface area contributed by atoms with Crippen molar-refractivity contribution in [1.29, 1.82) is 0 Å². The number of hydrogen-bond acceptors (Lipinski definition) is 3. The first-order valence-electron chi connectivity index (χ1n) is 6.93. The summed E-state index contributed by atoms with van der Waals surface area (Å²) < 4.78 is 0. The van der Waals surface area contributed by atoms with E-state index in [1.54, 1.807) is 0 Å². The Morgan fingerprint density at radius 1 is 1.47 bits per heavy atom. The fourth-order valence-electron chi connectivity index (χ4n) is 2.32. The van der Waals surface area contributed by atoms with Gasteiger partial charge in [-0.15, -0.1) is 0 Å². The quantitative estimate of drug-likeness (QED) is 0.670. The van der Waals surface area contributed by atoms with E-state index in [4.69, 9.17) is 5.11 Å². The first kappa shape index (κ1) is 15.8. The van der Waals surface area contributed by atoms with Crippen molar-refractivity contribution in [2.45, 2.75) is 45.2 Å². The lowest BCUT2D eigenvalue weighted by Gasteiger charge is -2.23. The molecule has 0 aromatic carbocycles. The topological polar surface area (TPSA) is 81.7 Å². The molecular weight excluding hydrogens is 246 g/mol. The van der Waals surface area contributed by atoms with E-state index in [1.807, 2.05) is 20.9 Å². The summed E-state index contributed by atoms with van der Waals surface area (Å²) in [5.41, 5.74) is 0. The van der Waals surface area contributed by atoms with E-state index in [9.17, 15) is 9.59 Å². The van der Waals surface area contributed by atoms with Crippen LogP contribution in [0.15, 0.2) is 0 Å². The zero-order valence-corrected chi connectivity index (χ0v) is 12.0. The van der Waals surface area contributed by atoms with Gasteiger partial charge in [0.2, 0.25) is 0 Å². The molecule has 0 aromatic heterocycles. The van der Waals surface area contributed by atoms with Crippen LogP contribution >= 0.6 is 0 Å². The van der Waals surface area contributed by atoms with E-state index in [2.05, 4.69) is 15.5 Å². The van der Waals surface area contributed by atoms with Crippen LogP contribution < -0.4 is 10.6 Å². The Morgan fingerprint density at radius 2 is 2.16 bits per heavy atom. The second-order valence-corrected chi connectivity index (χ2v) is 5.33. The largest absolute Gasteiger partial charge is 0.480 e. The average molecular weight is 271 g/mol. The van der Waals surface area contributed by atoms with Crippen LogP contribution in [0.4, 0.5) is 4.79 Å². The number of rotatable bonds is 6. The molecule has 0 radical (unpaired) electrons. The third-order valence-corrected chi connectivity index (χ3v) is 3.94. The van der Waals surface area contributed by atoms with Crippen LogP contribution in [0.2, 0.25) is 0 Å². The van der Waals surface area contributed by atoms with Crippen molar-refractivity contribution in [1.82, 2.24) is 15.5 Å². The molecule has 0 aliphatic carbocycles. The van der Waals surface area contributed by atoms with Crippen LogP contribution in [-0.2, 0) is 4.79 Å². The average Bonchev–Trinajstić information content (AvgIpc) is 2.77.